The number of hydrogen-bond donors (Lipinski definition) is 0. The van der Waals surface area contributed by atoms with Crippen LogP contribution < -0.4 is 0 Å². The van der Waals surface area contributed by atoms with Gasteiger partial charge in [-0.05, 0) is 19.4 Å². The molecule has 0 aromatic heterocycles. The predicted octanol–water partition coefficient (Wildman–Crippen LogP) is 1.93. The Hall–Kier alpha value is -1.64. The van der Waals surface area contributed by atoms with Gasteiger partial charge >= 0.3 is 0 Å². The Morgan fingerprint density at radius 2 is 2.00 bits per heavy atom. The second kappa shape index (κ2) is 5.45. The van der Waals surface area contributed by atoms with Crippen LogP contribution in [0.2, 0.25) is 0 Å². The van der Waals surface area contributed by atoms with E-state index in [0.717, 1.165) is 5.56 Å². The Balaban J connectivity index is 2.60. The maximum absolute atomic E-state index is 11.5. The van der Waals surface area contributed by atoms with Gasteiger partial charge in [-0.25, -0.2) is 0 Å². The molecule has 0 saturated heterocycles. The molecule has 1 rings (SSSR count). The number of benzene rings is 1. The van der Waals surface area contributed by atoms with Gasteiger partial charge in [0, 0.05) is 13.6 Å². The van der Waals surface area contributed by atoms with Gasteiger partial charge in [-0.3, -0.25) is 9.59 Å². The van der Waals surface area contributed by atoms with Gasteiger partial charge < -0.3 is 4.90 Å². The van der Waals surface area contributed by atoms with Gasteiger partial charge in [-0.15, -0.1) is 0 Å². The van der Waals surface area contributed by atoms with Gasteiger partial charge in [-0.2, -0.15) is 0 Å². The highest BCUT2D eigenvalue weighted by molar-refractivity contribution is 5.96. The molecule has 0 heterocycles. The van der Waals surface area contributed by atoms with Crippen LogP contribution in [0.5, 0.6) is 0 Å². The predicted molar refractivity (Wildman–Crippen MR) is 63.0 cm³/mol. The van der Waals surface area contributed by atoms with Gasteiger partial charge in [0.15, 0.2) is 0 Å². The number of carbonyl (C=O) groups excluding carboxylic acids is 2. The van der Waals surface area contributed by atoms with Gasteiger partial charge in [0.05, 0.1) is 6.42 Å². The van der Waals surface area contributed by atoms with Gasteiger partial charge in [0.2, 0.25) is 5.91 Å². The maximum Gasteiger partial charge on any atom is 0.230 e. The summed E-state index contributed by atoms with van der Waals surface area (Å²) in [4.78, 5) is 23.9. The molecule has 0 bridgehead atoms. The molecular formula is C13H17NO2. The van der Waals surface area contributed by atoms with Gasteiger partial charge in [0.25, 0.3) is 0 Å². The van der Waals surface area contributed by atoms with E-state index in [4.69, 9.17) is 0 Å². The van der Waals surface area contributed by atoms with Crippen LogP contribution in [0, 0.1) is 6.92 Å². The van der Waals surface area contributed by atoms with Crippen molar-refractivity contribution in [3.63, 3.8) is 0 Å². The van der Waals surface area contributed by atoms with Crippen LogP contribution in [-0.2, 0) is 16.1 Å². The summed E-state index contributed by atoms with van der Waals surface area (Å²) in [5.41, 5.74) is 2.25. The van der Waals surface area contributed by atoms with Crippen molar-refractivity contribution >= 4 is 11.7 Å². The highest BCUT2D eigenvalue weighted by atomic mass is 16.2. The largest absolute Gasteiger partial charge is 0.341 e. The topological polar surface area (TPSA) is 37.4 Å². The summed E-state index contributed by atoms with van der Waals surface area (Å²) in [6, 6.07) is 8.00. The van der Waals surface area contributed by atoms with Crippen molar-refractivity contribution in [3.05, 3.63) is 35.4 Å². The van der Waals surface area contributed by atoms with E-state index in [1.807, 2.05) is 31.2 Å². The lowest BCUT2D eigenvalue weighted by atomic mass is 10.1. The molecular weight excluding hydrogens is 202 g/mol. The van der Waals surface area contributed by atoms with Crippen LogP contribution in [0.15, 0.2) is 24.3 Å². The third kappa shape index (κ3) is 3.85. The van der Waals surface area contributed by atoms with Crippen molar-refractivity contribution < 1.29 is 9.59 Å². The molecule has 0 atom stereocenters. The number of Topliss-reactive ketones (excluding diaryl/α,β-unsaturated/α-hetero) is 1. The second-order valence-corrected chi connectivity index (χ2v) is 4.12. The summed E-state index contributed by atoms with van der Waals surface area (Å²) in [5, 5.41) is 0. The monoisotopic (exact) mass is 219 g/mol. The third-order valence-corrected chi connectivity index (χ3v) is 2.33. The summed E-state index contributed by atoms with van der Waals surface area (Å²) in [5.74, 6) is -0.227. The molecule has 0 aliphatic carbocycles. The van der Waals surface area contributed by atoms with Crippen LogP contribution in [0.4, 0.5) is 0 Å². The van der Waals surface area contributed by atoms with Gasteiger partial charge in [-0.1, -0.05) is 29.8 Å². The smallest absolute Gasteiger partial charge is 0.230 e. The average Bonchev–Trinajstić information content (AvgIpc) is 2.16. The van der Waals surface area contributed by atoms with Crippen LogP contribution in [0.1, 0.15) is 24.5 Å². The highest BCUT2D eigenvalue weighted by Gasteiger charge is 2.11. The van der Waals surface area contributed by atoms with Crippen LogP contribution >= 0.6 is 0 Å². The number of aryl methyl sites for hydroxylation is 1. The van der Waals surface area contributed by atoms with Crippen LogP contribution in [0.3, 0.4) is 0 Å². The first-order valence-corrected chi connectivity index (χ1v) is 5.28. The quantitative estimate of drug-likeness (QED) is 0.726. The number of hydrogen-bond acceptors (Lipinski definition) is 2. The number of rotatable bonds is 4. The van der Waals surface area contributed by atoms with E-state index in [2.05, 4.69) is 0 Å². The summed E-state index contributed by atoms with van der Waals surface area (Å²) in [7, 11) is 1.72. The minimum absolute atomic E-state index is 0.0116. The molecule has 1 amide bonds. The zero-order valence-corrected chi connectivity index (χ0v) is 9.99. The Labute approximate surface area is 96.1 Å². The fraction of sp³-hybridized carbons (Fsp3) is 0.385. The first kappa shape index (κ1) is 12.4. The minimum atomic E-state index is -0.131. The summed E-state index contributed by atoms with van der Waals surface area (Å²) >= 11 is 0. The lowest BCUT2D eigenvalue weighted by Crippen LogP contribution is -2.27. The van der Waals surface area contributed by atoms with E-state index < -0.39 is 0 Å². The average molecular weight is 219 g/mol. The molecule has 0 N–H and O–H groups in total. The molecule has 0 radical (unpaired) electrons. The summed E-state index contributed by atoms with van der Waals surface area (Å²) in [6.45, 7) is 3.99. The lowest BCUT2D eigenvalue weighted by molar-refractivity contribution is -0.134. The molecule has 0 fully saturated rings. The van der Waals surface area contributed by atoms with E-state index in [-0.39, 0.29) is 18.1 Å². The number of amides is 1. The standard InChI is InChI=1S/C13H17NO2/c1-10-5-4-6-12(7-10)9-14(3)13(16)8-11(2)15/h4-7H,8-9H2,1-3H3. The van der Waals surface area contributed by atoms with Crippen molar-refractivity contribution in [1.29, 1.82) is 0 Å². The lowest BCUT2D eigenvalue weighted by Gasteiger charge is -2.16. The Bertz CT molecular complexity index is 399. The normalized spacial score (nSPS) is 9.94. The molecule has 3 nitrogen and oxygen atoms in total. The van der Waals surface area contributed by atoms with Crippen LogP contribution in [-0.4, -0.2) is 23.6 Å². The molecule has 0 aliphatic heterocycles. The van der Waals surface area contributed by atoms with Crippen molar-refractivity contribution in [1.82, 2.24) is 4.90 Å². The van der Waals surface area contributed by atoms with E-state index in [1.165, 1.54) is 12.5 Å². The first-order valence-electron chi connectivity index (χ1n) is 5.28. The van der Waals surface area contributed by atoms with Gasteiger partial charge in [0.1, 0.15) is 5.78 Å². The highest BCUT2D eigenvalue weighted by Crippen LogP contribution is 2.07. The van der Waals surface area contributed by atoms with E-state index >= 15 is 0 Å². The van der Waals surface area contributed by atoms with Crippen molar-refractivity contribution in [3.8, 4) is 0 Å². The fourth-order valence-corrected chi connectivity index (χ4v) is 1.52. The fourth-order valence-electron chi connectivity index (χ4n) is 1.52. The van der Waals surface area contributed by atoms with E-state index in [1.54, 1.807) is 11.9 Å². The van der Waals surface area contributed by atoms with E-state index in [0.29, 0.717) is 6.54 Å². The molecule has 0 aliphatic rings. The molecule has 0 saturated carbocycles. The third-order valence-electron chi connectivity index (χ3n) is 2.33. The SMILES string of the molecule is CC(=O)CC(=O)N(C)Cc1cccc(C)c1. The van der Waals surface area contributed by atoms with Crippen LogP contribution in [0.25, 0.3) is 0 Å². The second-order valence-electron chi connectivity index (χ2n) is 4.12. The van der Waals surface area contributed by atoms with Crippen molar-refractivity contribution in [2.45, 2.75) is 26.8 Å². The summed E-state index contributed by atoms with van der Waals surface area (Å²) < 4.78 is 0. The molecule has 1 aromatic rings. The van der Waals surface area contributed by atoms with Crippen molar-refractivity contribution in [2.75, 3.05) is 7.05 Å². The maximum atomic E-state index is 11.5. The molecule has 86 valence electrons. The molecule has 16 heavy (non-hydrogen) atoms. The first-order chi connectivity index (χ1) is 7.49. The minimum Gasteiger partial charge on any atom is -0.341 e. The zero-order valence-electron chi connectivity index (χ0n) is 9.99. The molecule has 0 spiro atoms. The Morgan fingerprint density at radius 3 is 2.56 bits per heavy atom. The number of carbonyl (C=O) groups is 2. The Kier molecular flexibility index (Phi) is 4.23. The molecule has 3 heteroatoms. The zero-order chi connectivity index (χ0) is 12.1. The van der Waals surface area contributed by atoms with E-state index in [9.17, 15) is 9.59 Å². The summed E-state index contributed by atoms with van der Waals surface area (Å²) in [6.07, 6.45) is -0.0116. The Morgan fingerprint density at radius 1 is 1.31 bits per heavy atom. The van der Waals surface area contributed by atoms with Crippen molar-refractivity contribution in [2.24, 2.45) is 0 Å². The molecule has 1 aromatic carbocycles. The number of ketones is 1. The number of nitrogens with zero attached hydrogens (tertiary/aromatic N) is 1. The molecule has 0 unspecified atom stereocenters.